The van der Waals surface area contributed by atoms with Crippen LogP contribution in [-0.4, -0.2) is 42.2 Å². The topological polar surface area (TPSA) is 49.4 Å². The van der Waals surface area contributed by atoms with Crippen LogP contribution in [-0.2, 0) is 0 Å². The van der Waals surface area contributed by atoms with Crippen LogP contribution in [0.4, 0.5) is 5.13 Å². The summed E-state index contributed by atoms with van der Waals surface area (Å²) in [6.07, 6.45) is 6.09. The molecule has 2 bridgehead atoms. The molecule has 136 valence electrons. The van der Waals surface area contributed by atoms with Crippen LogP contribution in [0.5, 0.6) is 5.75 Å². The fourth-order valence-electron chi connectivity index (χ4n) is 4.62. The summed E-state index contributed by atoms with van der Waals surface area (Å²) in [5.74, 6) is 2.79. The maximum atomic E-state index is 5.23. The standard InChI is InChI=1S/C20H24N4OS/c1-25-16-4-2-14(3-5-16)17-12-26-19(21-17)22-18-6-9-20(23-18)13-24-10-7-15(20)8-11-24/h2-6,12,15,23H,7-11,13H2,1H3,(H,21,22). The third kappa shape index (κ3) is 2.77. The Bertz CT molecular complexity index is 823. The van der Waals surface area contributed by atoms with Crippen molar-refractivity contribution in [1.29, 1.82) is 0 Å². The zero-order valence-corrected chi connectivity index (χ0v) is 15.8. The van der Waals surface area contributed by atoms with Gasteiger partial charge in [-0.2, -0.15) is 0 Å². The molecular formula is C20H24N4OS. The van der Waals surface area contributed by atoms with E-state index in [1.807, 2.05) is 24.3 Å². The zero-order valence-electron chi connectivity index (χ0n) is 15.0. The molecule has 4 aliphatic heterocycles. The molecule has 3 fully saturated rings. The van der Waals surface area contributed by atoms with Crippen molar-refractivity contribution in [2.24, 2.45) is 5.92 Å². The predicted molar refractivity (Wildman–Crippen MR) is 105 cm³/mol. The lowest BCUT2D eigenvalue weighted by Gasteiger charge is -2.52. The molecule has 0 aliphatic carbocycles. The molecule has 6 rings (SSSR count). The number of nitrogens with one attached hydrogen (secondary N) is 2. The lowest BCUT2D eigenvalue weighted by Crippen LogP contribution is -2.64. The first-order valence-electron chi connectivity index (χ1n) is 9.32. The number of fused-ring (bicyclic) bond motifs is 2. The van der Waals surface area contributed by atoms with Crippen molar-refractivity contribution >= 4 is 16.5 Å². The summed E-state index contributed by atoms with van der Waals surface area (Å²) in [5, 5.41) is 10.3. The van der Waals surface area contributed by atoms with E-state index in [4.69, 9.17) is 9.72 Å². The van der Waals surface area contributed by atoms with Gasteiger partial charge in [0.05, 0.1) is 18.3 Å². The monoisotopic (exact) mass is 368 g/mol. The van der Waals surface area contributed by atoms with Gasteiger partial charge in [0.25, 0.3) is 0 Å². The van der Waals surface area contributed by atoms with Crippen molar-refractivity contribution in [3.05, 3.63) is 41.5 Å². The number of benzene rings is 1. The van der Waals surface area contributed by atoms with Crippen LogP contribution in [0.3, 0.4) is 0 Å². The van der Waals surface area contributed by atoms with Gasteiger partial charge in [-0.3, -0.25) is 0 Å². The van der Waals surface area contributed by atoms with Gasteiger partial charge < -0.3 is 20.3 Å². The van der Waals surface area contributed by atoms with E-state index in [9.17, 15) is 0 Å². The lowest BCUT2D eigenvalue weighted by molar-refractivity contribution is 0.0189. The smallest absolute Gasteiger partial charge is 0.188 e. The largest absolute Gasteiger partial charge is 0.497 e. The summed E-state index contributed by atoms with van der Waals surface area (Å²) in [6.45, 7) is 3.72. The van der Waals surface area contributed by atoms with E-state index in [-0.39, 0.29) is 5.54 Å². The van der Waals surface area contributed by atoms with Gasteiger partial charge in [-0.1, -0.05) is 0 Å². The van der Waals surface area contributed by atoms with Crippen LogP contribution >= 0.6 is 11.3 Å². The minimum absolute atomic E-state index is 0.245. The number of anilines is 1. The summed E-state index contributed by atoms with van der Waals surface area (Å²) in [7, 11) is 1.68. The molecule has 5 heterocycles. The van der Waals surface area contributed by atoms with E-state index >= 15 is 0 Å². The molecule has 4 aliphatic rings. The Morgan fingerprint density at radius 3 is 2.77 bits per heavy atom. The highest BCUT2D eigenvalue weighted by Gasteiger charge is 2.48. The summed E-state index contributed by atoms with van der Waals surface area (Å²) in [6, 6.07) is 8.04. The minimum atomic E-state index is 0.245. The van der Waals surface area contributed by atoms with Gasteiger partial charge in [0.15, 0.2) is 5.13 Å². The molecule has 0 radical (unpaired) electrons. The number of nitrogens with zero attached hydrogens (tertiary/aromatic N) is 2. The van der Waals surface area contributed by atoms with Gasteiger partial charge in [0.1, 0.15) is 11.6 Å². The fourth-order valence-corrected chi connectivity index (χ4v) is 5.35. The zero-order chi connectivity index (χ0) is 17.6. The molecule has 2 aromatic rings. The van der Waals surface area contributed by atoms with Crippen LogP contribution < -0.4 is 15.4 Å². The van der Waals surface area contributed by atoms with Gasteiger partial charge in [0.2, 0.25) is 0 Å². The van der Waals surface area contributed by atoms with Crippen LogP contribution in [0.2, 0.25) is 0 Å². The van der Waals surface area contributed by atoms with Gasteiger partial charge in [-0.15, -0.1) is 11.3 Å². The molecule has 1 aromatic heterocycles. The minimum Gasteiger partial charge on any atom is -0.497 e. The molecule has 1 unspecified atom stereocenters. The van der Waals surface area contributed by atoms with Gasteiger partial charge in [-0.25, -0.2) is 4.98 Å². The Balaban J connectivity index is 1.27. The van der Waals surface area contributed by atoms with Crippen LogP contribution in [0.15, 0.2) is 41.5 Å². The average molecular weight is 369 g/mol. The molecule has 0 saturated carbocycles. The number of methoxy groups -OCH3 is 1. The Kier molecular flexibility index (Phi) is 3.90. The molecule has 1 spiro atoms. The first-order valence-corrected chi connectivity index (χ1v) is 10.2. The van der Waals surface area contributed by atoms with Crippen LogP contribution in [0.1, 0.15) is 19.3 Å². The fraction of sp³-hybridized carbons (Fsp3) is 0.450. The van der Waals surface area contributed by atoms with Crippen LogP contribution in [0.25, 0.3) is 11.3 Å². The Morgan fingerprint density at radius 1 is 1.27 bits per heavy atom. The number of rotatable bonds is 4. The van der Waals surface area contributed by atoms with Gasteiger partial charge >= 0.3 is 0 Å². The molecule has 5 nitrogen and oxygen atoms in total. The second-order valence-corrected chi connectivity index (χ2v) is 8.40. The third-order valence-corrected chi connectivity index (χ3v) is 6.82. The van der Waals surface area contributed by atoms with Crippen molar-refractivity contribution < 1.29 is 4.74 Å². The number of ether oxygens (including phenoxy) is 1. The number of hydrogen-bond acceptors (Lipinski definition) is 6. The maximum absolute atomic E-state index is 5.23. The maximum Gasteiger partial charge on any atom is 0.188 e. The molecule has 3 saturated heterocycles. The summed E-state index contributed by atoms with van der Waals surface area (Å²) in [4.78, 5) is 7.36. The van der Waals surface area contributed by atoms with Crippen molar-refractivity contribution in [2.45, 2.75) is 24.8 Å². The normalized spacial score (nSPS) is 29.5. The number of hydrogen-bond donors (Lipinski definition) is 2. The summed E-state index contributed by atoms with van der Waals surface area (Å²) in [5.41, 5.74) is 2.35. The lowest BCUT2D eigenvalue weighted by atomic mass is 9.72. The molecule has 1 aromatic carbocycles. The molecule has 1 atom stereocenters. The Morgan fingerprint density at radius 2 is 2.08 bits per heavy atom. The second-order valence-electron chi connectivity index (χ2n) is 7.54. The Hall–Kier alpha value is -2.05. The molecule has 26 heavy (non-hydrogen) atoms. The van der Waals surface area contributed by atoms with Gasteiger partial charge in [0, 0.05) is 17.5 Å². The third-order valence-electron chi connectivity index (χ3n) is 6.06. The van der Waals surface area contributed by atoms with Crippen LogP contribution in [0, 0.1) is 5.92 Å². The van der Waals surface area contributed by atoms with Crippen molar-refractivity contribution in [1.82, 2.24) is 15.2 Å². The quantitative estimate of drug-likeness (QED) is 0.865. The van der Waals surface area contributed by atoms with Crippen molar-refractivity contribution in [2.75, 3.05) is 32.1 Å². The first-order chi connectivity index (χ1) is 12.7. The number of thiazole rings is 1. The molecule has 0 amide bonds. The predicted octanol–water partition coefficient (Wildman–Crippen LogP) is 3.53. The highest BCUT2D eigenvalue weighted by Crippen LogP contribution is 2.41. The van der Waals surface area contributed by atoms with E-state index in [0.29, 0.717) is 0 Å². The highest BCUT2D eigenvalue weighted by atomic mass is 32.1. The molecular weight excluding hydrogens is 344 g/mol. The highest BCUT2D eigenvalue weighted by molar-refractivity contribution is 7.14. The molecule has 6 heteroatoms. The van der Waals surface area contributed by atoms with Crippen molar-refractivity contribution in [3.8, 4) is 17.0 Å². The van der Waals surface area contributed by atoms with Crippen molar-refractivity contribution in [3.63, 3.8) is 0 Å². The van der Waals surface area contributed by atoms with Gasteiger partial charge in [-0.05, 0) is 68.6 Å². The Labute approximate surface area is 158 Å². The number of aromatic nitrogens is 1. The second kappa shape index (κ2) is 6.28. The molecule has 2 N–H and O–H groups in total. The van der Waals surface area contributed by atoms with E-state index in [1.165, 1.54) is 32.5 Å². The first kappa shape index (κ1) is 16.1. The average Bonchev–Trinajstić information content (AvgIpc) is 3.31. The number of piperidine rings is 3. The summed E-state index contributed by atoms with van der Waals surface area (Å²) >= 11 is 1.65. The van der Waals surface area contributed by atoms with E-state index in [1.54, 1.807) is 18.4 Å². The van der Waals surface area contributed by atoms with E-state index in [2.05, 4.69) is 27.0 Å². The summed E-state index contributed by atoms with van der Waals surface area (Å²) < 4.78 is 5.23. The SMILES string of the molecule is COc1ccc(-c2csc(NC3=CCC4(CN5CCC4CC5)N3)n2)cc1. The van der Waals surface area contributed by atoms with E-state index < -0.39 is 0 Å². The van der Waals surface area contributed by atoms with E-state index in [0.717, 1.165) is 40.3 Å².